The Morgan fingerprint density at radius 2 is 1.68 bits per heavy atom. The van der Waals surface area contributed by atoms with Crippen molar-refractivity contribution in [1.29, 1.82) is 0 Å². The van der Waals surface area contributed by atoms with Crippen LogP contribution in [0.2, 0.25) is 0 Å². The van der Waals surface area contributed by atoms with Gasteiger partial charge in [0.15, 0.2) is 0 Å². The summed E-state index contributed by atoms with van der Waals surface area (Å²) in [6.07, 6.45) is 15.0. The van der Waals surface area contributed by atoms with Crippen LogP contribution in [-0.4, -0.2) is 0 Å². The monoisotopic (exact) mass is 386 g/mol. The molecule has 0 bridgehead atoms. The average Bonchev–Trinajstić information content (AvgIpc) is 3.01. The fourth-order valence-corrected chi connectivity index (χ4v) is 9.89. The van der Waals surface area contributed by atoms with Crippen LogP contribution in [0.4, 0.5) is 0 Å². The minimum absolute atomic E-state index is 0.619. The number of rotatable bonds is 4. The molecule has 0 nitrogen and oxygen atoms in total. The first kappa shape index (κ1) is 21.2. The lowest BCUT2D eigenvalue weighted by atomic mass is 9.40. The molecule has 0 amide bonds. The van der Waals surface area contributed by atoms with Crippen LogP contribution < -0.4 is 0 Å². The van der Waals surface area contributed by atoms with Crippen LogP contribution in [0.3, 0.4) is 0 Å². The number of fused-ring (bicyclic) bond motifs is 5. The van der Waals surface area contributed by atoms with Crippen LogP contribution in [-0.2, 0) is 0 Å². The SMILES string of the molecule is CCCC[C@@H](C)[C@H]1CC[C@H]2[C@@H]3[C@H](C)C[C@@H]4C[C@H](C)CC[C@]4(C)[C@H]3C[C@H](C)[C@]12C. The van der Waals surface area contributed by atoms with Gasteiger partial charge in [-0.25, -0.2) is 0 Å². The Kier molecular flexibility index (Phi) is 5.77. The predicted molar refractivity (Wildman–Crippen MR) is 122 cm³/mol. The molecule has 162 valence electrons. The average molecular weight is 387 g/mol. The largest absolute Gasteiger partial charge is 0.0654 e. The Hall–Kier alpha value is 0. The van der Waals surface area contributed by atoms with Crippen molar-refractivity contribution >= 4 is 0 Å². The van der Waals surface area contributed by atoms with Gasteiger partial charge in [-0.3, -0.25) is 0 Å². The number of hydrogen-bond donors (Lipinski definition) is 0. The van der Waals surface area contributed by atoms with Crippen LogP contribution in [0.5, 0.6) is 0 Å². The fourth-order valence-electron chi connectivity index (χ4n) is 9.89. The summed E-state index contributed by atoms with van der Waals surface area (Å²) in [4.78, 5) is 0. The molecule has 0 spiro atoms. The van der Waals surface area contributed by atoms with E-state index in [4.69, 9.17) is 0 Å². The molecule has 0 aromatic rings. The molecule has 0 radical (unpaired) electrons. The van der Waals surface area contributed by atoms with E-state index in [9.17, 15) is 0 Å². The zero-order valence-electron chi connectivity index (χ0n) is 20.3. The molecule has 28 heavy (non-hydrogen) atoms. The molecule has 0 N–H and O–H groups in total. The third-order valence-corrected chi connectivity index (χ3v) is 11.6. The summed E-state index contributed by atoms with van der Waals surface area (Å²) < 4.78 is 0. The predicted octanol–water partition coefficient (Wildman–Crippen LogP) is 8.60. The molecule has 0 unspecified atom stereocenters. The lowest BCUT2D eigenvalue weighted by Gasteiger charge is -2.65. The zero-order valence-corrected chi connectivity index (χ0v) is 20.3. The Morgan fingerprint density at radius 1 is 0.929 bits per heavy atom. The number of unbranched alkanes of at least 4 members (excludes halogenated alkanes) is 1. The van der Waals surface area contributed by atoms with Gasteiger partial charge in [0.2, 0.25) is 0 Å². The molecule has 4 aliphatic carbocycles. The molecule has 0 aliphatic heterocycles. The number of hydrogen-bond acceptors (Lipinski definition) is 0. The Bertz CT molecular complexity index is 550. The van der Waals surface area contributed by atoms with Crippen molar-refractivity contribution in [2.45, 2.75) is 113 Å². The topological polar surface area (TPSA) is 0 Å². The molecule has 0 heteroatoms. The molecular weight excluding hydrogens is 336 g/mol. The van der Waals surface area contributed by atoms with E-state index in [1.54, 1.807) is 19.3 Å². The van der Waals surface area contributed by atoms with Gasteiger partial charge in [0.25, 0.3) is 0 Å². The molecule has 4 fully saturated rings. The second-order valence-corrected chi connectivity index (χ2v) is 12.9. The summed E-state index contributed by atoms with van der Waals surface area (Å²) in [6.45, 7) is 18.4. The molecule has 4 rings (SSSR count). The van der Waals surface area contributed by atoms with Gasteiger partial charge in [-0.05, 0) is 103 Å². The molecule has 0 heterocycles. The van der Waals surface area contributed by atoms with Gasteiger partial charge in [-0.2, -0.15) is 0 Å². The fraction of sp³-hybridized carbons (Fsp3) is 1.00. The van der Waals surface area contributed by atoms with E-state index in [2.05, 4.69) is 48.5 Å². The smallest absolute Gasteiger partial charge is 0.0238 e. The first-order chi connectivity index (χ1) is 13.2. The van der Waals surface area contributed by atoms with Crippen molar-refractivity contribution in [2.75, 3.05) is 0 Å². The Labute approximate surface area is 177 Å². The zero-order chi connectivity index (χ0) is 20.3. The Balaban J connectivity index is 1.62. The van der Waals surface area contributed by atoms with Crippen molar-refractivity contribution < 1.29 is 0 Å². The highest BCUT2D eigenvalue weighted by Crippen LogP contribution is 2.71. The summed E-state index contributed by atoms with van der Waals surface area (Å²) in [5, 5.41) is 0. The van der Waals surface area contributed by atoms with Crippen molar-refractivity contribution in [2.24, 2.45) is 64.1 Å². The maximum atomic E-state index is 2.77. The molecule has 0 aromatic heterocycles. The maximum Gasteiger partial charge on any atom is -0.0238 e. The Morgan fingerprint density at radius 3 is 2.39 bits per heavy atom. The van der Waals surface area contributed by atoms with E-state index in [0.717, 1.165) is 53.3 Å². The standard InChI is InChI=1S/C28H50/c1-8-9-10-19(3)23-11-12-24-26-20(4)16-22-15-18(2)13-14-27(22,6)25(26)17-21(5)28(23,24)7/h18-26H,8-17H2,1-7H3/t18-,19-,20-,21+,22+,23-,24+,25+,26+,27+,28-/m1/s1. The third-order valence-electron chi connectivity index (χ3n) is 11.6. The van der Waals surface area contributed by atoms with Gasteiger partial charge in [0.1, 0.15) is 0 Å². The van der Waals surface area contributed by atoms with Crippen LogP contribution in [0, 0.1) is 64.1 Å². The van der Waals surface area contributed by atoms with Crippen molar-refractivity contribution in [3.8, 4) is 0 Å². The highest BCUT2D eigenvalue weighted by atomic mass is 14.7. The van der Waals surface area contributed by atoms with Crippen LogP contribution in [0.1, 0.15) is 113 Å². The van der Waals surface area contributed by atoms with Gasteiger partial charge in [-0.15, -0.1) is 0 Å². The summed E-state index contributed by atoms with van der Waals surface area (Å²) in [5.41, 5.74) is 1.28. The first-order valence-electron chi connectivity index (χ1n) is 13.2. The van der Waals surface area contributed by atoms with Gasteiger partial charge < -0.3 is 0 Å². The third kappa shape index (κ3) is 3.05. The lowest BCUT2D eigenvalue weighted by molar-refractivity contribution is -0.162. The normalized spacial score (nSPS) is 54.5. The van der Waals surface area contributed by atoms with Crippen molar-refractivity contribution in [3.63, 3.8) is 0 Å². The quantitative estimate of drug-likeness (QED) is 0.453. The summed E-state index contributed by atoms with van der Waals surface area (Å²) in [5.74, 6) is 8.88. The second-order valence-electron chi connectivity index (χ2n) is 12.9. The second kappa shape index (κ2) is 7.60. The van der Waals surface area contributed by atoms with Crippen LogP contribution in [0.25, 0.3) is 0 Å². The maximum absolute atomic E-state index is 2.77. The summed E-state index contributed by atoms with van der Waals surface area (Å²) in [6, 6.07) is 0. The minimum atomic E-state index is 0.619. The van der Waals surface area contributed by atoms with Crippen LogP contribution >= 0.6 is 0 Å². The molecular formula is C28H50. The van der Waals surface area contributed by atoms with E-state index in [1.807, 2.05) is 0 Å². The molecule has 0 aromatic carbocycles. The lowest BCUT2D eigenvalue weighted by Crippen LogP contribution is -2.58. The van der Waals surface area contributed by atoms with E-state index in [0.29, 0.717) is 10.8 Å². The van der Waals surface area contributed by atoms with Crippen molar-refractivity contribution in [3.05, 3.63) is 0 Å². The van der Waals surface area contributed by atoms with E-state index in [1.165, 1.54) is 44.9 Å². The van der Waals surface area contributed by atoms with Gasteiger partial charge in [0, 0.05) is 0 Å². The van der Waals surface area contributed by atoms with Gasteiger partial charge in [-0.1, -0.05) is 74.1 Å². The van der Waals surface area contributed by atoms with Crippen molar-refractivity contribution in [1.82, 2.24) is 0 Å². The molecule has 4 saturated carbocycles. The van der Waals surface area contributed by atoms with E-state index >= 15 is 0 Å². The highest BCUT2D eigenvalue weighted by molar-refractivity contribution is 5.12. The van der Waals surface area contributed by atoms with Gasteiger partial charge >= 0.3 is 0 Å². The highest BCUT2D eigenvalue weighted by Gasteiger charge is 2.64. The molecule has 4 aliphatic rings. The van der Waals surface area contributed by atoms with E-state index < -0.39 is 0 Å². The molecule has 0 saturated heterocycles. The van der Waals surface area contributed by atoms with E-state index in [-0.39, 0.29) is 0 Å². The van der Waals surface area contributed by atoms with Gasteiger partial charge in [0.05, 0.1) is 0 Å². The summed E-state index contributed by atoms with van der Waals surface area (Å²) in [7, 11) is 0. The first-order valence-corrected chi connectivity index (χ1v) is 13.2. The van der Waals surface area contributed by atoms with Crippen LogP contribution in [0.15, 0.2) is 0 Å². The molecule has 11 atom stereocenters. The minimum Gasteiger partial charge on any atom is -0.0654 e. The summed E-state index contributed by atoms with van der Waals surface area (Å²) >= 11 is 0.